The summed E-state index contributed by atoms with van der Waals surface area (Å²) in [5.74, 6) is 1.87. The van der Waals surface area contributed by atoms with E-state index in [1.54, 1.807) is 12.4 Å². The van der Waals surface area contributed by atoms with E-state index in [-0.39, 0.29) is 5.41 Å². The van der Waals surface area contributed by atoms with Crippen molar-refractivity contribution in [3.05, 3.63) is 42.2 Å². The summed E-state index contributed by atoms with van der Waals surface area (Å²) in [7, 11) is 0. The molecule has 1 N–H and O–H groups in total. The summed E-state index contributed by atoms with van der Waals surface area (Å²) in [5, 5.41) is 3.52. The minimum atomic E-state index is 0.285. The Morgan fingerprint density at radius 2 is 1.61 bits per heavy atom. The van der Waals surface area contributed by atoms with Crippen molar-refractivity contribution in [1.82, 2.24) is 9.97 Å². The lowest BCUT2D eigenvalue weighted by molar-refractivity contribution is 0.491. The number of hydrogen-bond donors (Lipinski definition) is 1. The van der Waals surface area contributed by atoms with Gasteiger partial charge in [0.15, 0.2) is 0 Å². The highest BCUT2D eigenvalue weighted by molar-refractivity contribution is 5.75. The van der Waals surface area contributed by atoms with Gasteiger partial charge in [0.05, 0.1) is 11.4 Å². The first kappa shape index (κ1) is 20.6. The molecule has 0 saturated heterocycles. The zero-order valence-corrected chi connectivity index (χ0v) is 18.2. The van der Waals surface area contributed by atoms with Crippen LogP contribution in [0.1, 0.15) is 65.9 Å². The Hall–Kier alpha value is -2.10. The van der Waals surface area contributed by atoms with Crippen molar-refractivity contribution >= 4 is 17.3 Å². The third-order valence-corrected chi connectivity index (χ3v) is 5.72. The third kappa shape index (κ3) is 5.03. The molecule has 2 aromatic rings. The van der Waals surface area contributed by atoms with Crippen molar-refractivity contribution in [2.45, 2.75) is 65.7 Å². The van der Waals surface area contributed by atoms with Crippen LogP contribution in [-0.2, 0) is 5.41 Å². The normalized spacial score (nSPS) is 16.0. The summed E-state index contributed by atoms with van der Waals surface area (Å²) >= 11 is 0. The molecule has 1 aromatic carbocycles. The monoisotopic (exact) mass is 380 g/mol. The second kappa shape index (κ2) is 8.93. The molecular weight excluding hydrogens is 344 g/mol. The van der Waals surface area contributed by atoms with Crippen LogP contribution in [0.15, 0.2) is 36.7 Å². The Morgan fingerprint density at radius 3 is 2.18 bits per heavy atom. The molecule has 0 amide bonds. The molecule has 4 heteroatoms. The predicted octanol–water partition coefficient (Wildman–Crippen LogP) is 6.17. The van der Waals surface area contributed by atoms with Crippen LogP contribution in [0.3, 0.4) is 0 Å². The highest BCUT2D eigenvalue weighted by Gasteiger charge is 2.31. The molecule has 1 heterocycles. The van der Waals surface area contributed by atoms with E-state index in [9.17, 15) is 0 Å². The molecular formula is C24H36N4. The molecule has 0 radical (unpaired) electrons. The zero-order chi connectivity index (χ0) is 20.1. The maximum Gasteiger partial charge on any atom is 0.227 e. The van der Waals surface area contributed by atoms with Gasteiger partial charge in [-0.05, 0) is 53.9 Å². The maximum absolute atomic E-state index is 4.40. The number of anilines is 3. The Balaban J connectivity index is 2.01. The van der Waals surface area contributed by atoms with Gasteiger partial charge in [0.1, 0.15) is 0 Å². The largest absolute Gasteiger partial charge is 0.369 e. The van der Waals surface area contributed by atoms with Crippen LogP contribution in [0.25, 0.3) is 0 Å². The topological polar surface area (TPSA) is 41.0 Å². The molecule has 3 rings (SSSR count). The number of nitrogens with zero attached hydrogens (tertiary/aromatic N) is 3. The van der Waals surface area contributed by atoms with E-state index in [0.717, 1.165) is 18.8 Å². The molecule has 1 aliphatic rings. The summed E-state index contributed by atoms with van der Waals surface area (Å²) in [5.41, 5.74) is 4.09. The molecule has 1 aliphatic carbocycles. The molecule has 4 nitrogen and oxygen atoms in total. The van der Waals surface area contributed by atoms with Crippen LogP contribution in [-0.4, -0.2) is 23.1 Å². The van der Waals surface area contributed by atoms with E-state index >= 15 is 0 Å². The van der Waals surface area contributed by atoms with E-state index in [4.69, 9.17) is 0 Å². The standard InChI is InChI=1S/C24H36N4/c1-18(2)16-28(17-19(3)4)22-10-9-20(24(5)11-6-7-12-24)15-21(22)27-23-25-13-8-14-26-23/h8-10,13-15,18-19H,6-7,11-12,16-17H2,1-5H3,(H,25,26,27). The van der Waals surface area contributed by atoms with Crippen LogP contribution >= 0.6 is 0 Å². The van der Waals surface area contributed by atoms with Gasteiger partial charge < -0.3 is 10.2 Å². The molecule has 0 aliphatic heterocycles. The second-order valence-corrected chi connectivity index (χ2v) is 9.39. The maximum atomic E-state index is 4.40. The fourth-order valence-corrected chi connectivity index (χ4v) is 4.37. The van der Waals surface area contributed by atoms with Crippen molar-refractivity contribution in [1.29, 1.82) is 0 Å². The second-order valence-electron chi connectivity index (χ2n) is 9.39. The predicted molar refractivity (Wildman–Crippen MR) is 119 cm³/mol. The molecule has 152 valence electrons. The molecule has 1 aromatic heterocycles. The fourth-order valence-electron chi connectivity index (χ4n) is 4.37. The summed E-state index contributed by atoms with van der Waals surface area (Å²) in [6.45, 7) is 13.6. The van der Waals surface area contributed by atoms with E-state index < -0.39 is 0 Å². The molecule has 0 atom stereocenters. The first-order valence-electron chi connectivity index (χ1n) is 10.8. The summed E-state index contributed by atoms with van der Waals surface area (Å²) in [6, 6.07) is 8.87. The van der Waals surface area contributed by atoms with Gasteiger partial charge in [0.25, 0.3) is 0 Å². The average molecular weight is 381 g/mol. The van der Waals surface area contributed by atoms with Crippen LogP contribution in [0.4, 0.5) is 17.3 Å². The van der Waals surface area contributed by atoms with Gasteiger partial charge in [-0.3, -0.25) is 0 Å². The number of hydrogen-bond acceptors (Lipinski definition) is 4. The summed E-state index contributed by atoms with van der Waals surface area (Å²) in [6.07, 6.45) is 8.78. The van der Waals surface area contributed by atoms with E-state index in [0.29, 0.717) is 17.8 Å². The highest BCUT2D eigenvalue weighted by Crippen LogP contribution is 2.43. The van der Waals surface area contributed by atoms with Crippen molar-refractivity contribution < 1.29 is 0 Å². The minimum Gasteiger partial charge on any atom is -0.369 e. The Bertz CT molecular complexity index is 738. The van der Waals surface area contributed by atoms with Crippen LogP contribution < -0.4 is 10.2 Å². The van der Waals surface area contributed by atoms with E-state index in [2.05, 4.69) is 73.0 Å². The molecule has 1 fully saturated rings. The van der Waals surface area contributed by atoms with Crippen molar-refractivity contribution in [2.75, 3.05) is 23.3 Å². The third-order valence-electron chi connectivity index (χ3n) is 5.72. The van der Waals surface area contributed by atoms with Gasteiger partial charge in [-0.15, -0.1) is 0 Å². The SMILES string of the molecule is CC(C)CN(CC(C)C)c1ccc(C2(C)CCCC2)cc1Nc1ncccn1. The number of benzene rings is 1. The lowest BCUT2D eigenvalue weighted by Crippen LogP contribution is -2.32. The van der Waals surface area contributed by atoms with Gasteiger partial charge in [-0.25, -0.2) is 9.97 Å². The Kier molecular flexibility index (Phi) is 6.58. The fraction of sp³-hybridized carbons (Fsp3) is 0.583. The molecule has 0 spiro atoms. The van der Waals surface area contributed by atoms with Gasteiger partial charge in [-0.2, -0.15) is 0 Å². The smallest absolute Gasteiger partial charge is 0.227 e. The van der Waals surface area contributed by atoms with Crippen LogP contribution in [0.2, 0.25) is 0 Å². The molecule has 1 saturated carbocycles. The molecule has 28 heavy (non-hydrogen) atoms. The zero-order valence-electron chi connectivity index (χ0n) is 18.2. The average Bonchev–Trinajstić information content (AvgIpc) is 3.09. The van der Waals surface area contributed by atoms with E-state index in [1.807, 2.05) is 6.07 Å². The lowest BCUT2D eigenvalue weighted by atomic mass is 9.80. The first-order valence-corrected chi connectivity index (χ1v) is 10.8. The minimum absolute atomic E-state index is 0.285. The van der Waals surface area contributed by atoms with Crippen molar-refractivity contribution in [3.8, 4) is 0 Å². The summed E-state index contributed by atoms with van der Waals surface area (Å²) in [4.78, 5) is 11.3. The van der Waals surface area contributed by atoms with Gasteiger partial charge in [-0.1, -0.05) is 53.5 Å². The van der Waals surface area contributed by atoms with E-state index in [1.165, 1.54) is 36.9 Å². The molecule has 0 bridgehead atoms. The van der Waals surface area contributed by atoms with Crippen molar-refractivity contribution in [3.63, 3.8) is 0 Å². The van der Waals surface area contributed by atoms with Crippen LogP contribution in [0.5, 0.6) is 0 Å². The van der Waals surface area contributed by atoms with Crippen LogP contribution in [0, 0.1) is 11.8 Å². The number of nitrogens with one attached hydrogen (secondary N) is 1. The number of aromatic nitrogens is 2. The van der Waals surface area contributed by atoms with Gasteiger partial charge >= 0.3 is 0 Å². The number of rotatable bonds is 8. The highest BCUT2D eigenvalue weighted by atomic mass is 15.2. The first-order chi connectivity index (χ1) is 13.4. The van der Waals surface area contributed by atoms with Gasteiger partial charge in [0.2, 0.25) is 5.95 Å². The van der Waals surface area contributed by atoms with Gasteiger partial charge in [0, 0.05) is 25.5 Å². The molecule has 0 unspecified atom stereocenters. The quantitative estimate of drug-likeness (QED) is 0.594. The Morgan fingerprint density at radius 1 is 1.00 bits per heavy atom. The van der Waals surface area contributed by atoms with Crippen molar-refractivity contribution in [2.24, 2.45) is 11.8 Å². The summed E-state index contributed by atoms with van der Waals surface area (Å²) < 4.78 is 0. The lowest BCUT2D eigenvalue weighted by Gasteiger charge is -2.32. The Labute approximate surface area is 170 Å².